The minimum Gasteiger partial charge on any atom is -0.0622 e. The molecule has 0 aliphatic heterocycles. The molecule has 0 heterocycles. The molecule has 0 aliphatic rings. The fourth-order valence-corrected chi connectivity index (χ4v) is 6.03. The molecule has 8 aromatic rings. The van der Waals surface area contributed by atoms with Gasteiger partial charge in [0.1, 0.15) is 0 Å². The Hall–Kier alpha value is -5.46. The molecule has 0 saturated carbocycles. The molecule has 0 amide bonds. The third-order valence-electron chi connectivity index (χ3n) is 7.93. The van der Waals surface area contributed by atoms with Gasteiger partial charge in [-0.2, -0.15) is 0 Å². The first-order valence-electron chi connectivity index (χ1n) is 17.9. The molecule has 0 spiro atoms. The fraction of sp³-hybridized carbons (Fsp3) is 0. The van der Waals surface area contributed by atoms with E-state index in [9.17, 15) is 5.48 Å². The van der Waals surface area contributed by atoms with E-state index in [0.717, 1.165) is 33.0 Å². The molecular weight excluding hydrogens is 504 g/mol. The van der Waals surface area contributed by atoms with Gasteiger partial charge in [0.25, 0.3) is 0 Å². The van der Waals surface area contributed by atoms with Crippen LogP contribution in [0.15, 0.2) is 170 Å². The van der Waals surface area contributed by atoms with Crippen LogP contribution in [0.2, 0.25) is 0 Å². The van der Waals surface area contributed by atoms with Crippen LogP contribution in [-0.4, -0.2) is 0 Å². The average molecular weight is 541 g/mol. The van der Waals surface area contributed by atoms with Crippen molar-refractivity contribution in [2.45, 2.75) is 0 Å². The molecule has 0 aliphatic carbocycles. The van der Waals surface area contributed by atoms with E-state index >= 15 is 0 Å². The summed E-state index contributed by atoms with van der Waals surface area (Å²) in [6, 6.07) is 36.2. The van der Waals surface area contributed by atoms with Crippen LogP contribution in [0.25, 0.3) is 76.8 Å². The molecule has 8 rings (SSSR count). The number of rotatable bonds is 4. The lowest BCUT2D eigenvalue weighted by Crippen LogP contribution is -1.92. The van der Waals surface area contributed by atoms with Crippen LogP contribution in [0, 0.1) is 0 Å². The van der Waals surface area contributed by atoms with Crippen LogP contribution in [0.5, 0.6) is 0 Å². The zero-order valence-corrected chi connectivity index (χ0v) is 22.5. The highest BCUT2D eigenvalue weighted by Gasteiger charge is 2.18. The summed E-state index contributed by atoms with van der Waals surface area (Å²) in [7, 11) is 0. The van der Waals surface area contributed by atoms with Crippen LogP contribution >= 0.6 is 0 Å². The summed E-state index contributed by atoms with van der Waals surface area (Å²) in [4.78, 5) is 0. The predicted octanol–water partition coefficient (Wildman–Crippen LogP) is 11.8. The largest absolute Gasteiger partial charge is 0.0629 e. The van der Waals surface area contributed by atoms with Gasteiger partial charge in [-0.05, 0) is 76.8 Å². The van der Waals surface area contributed by atoms with Gasteiger partial charge in [-0.25, -0.2) is 0 Å². The van der Waals surface area contributed by atoms with Crippen molar-refractivity contribution < 1.29 is 11.0 Å². The quantitative estimate of drug-likeness (QED) is 0.195. The Bertz CT molecular complexity index is 2570. The first-order valence-corrected chi connectivity index (χ1v) is 13.9. The second-order valence-electron chi connectivity index (χ2n) is 10.3. The van der Waals surface area contributed by atoms with E-state index in [2.05, 4.69) is 0 Å². The molecule has 196 valence electrons. The lowest BCUT2D eigenvalue weighted by Gasteiger charge is -2.20. The predicted molar refractivity (Wildman–Crippen MR) is 181 cm³/mol. The van der Waals surface area contributed by atoms with Gasteiger partial charge < -0.3 is 0 Å². The fourth-order valence-electron chi connectivity index (χ4n) is 6.03. The Morgan fingerprint density at radius 2 is 0.690 bits per heavy atom. The van der Waals surface area contributed by atoms with Crippen LogP contribution in [0.3, 0.4) is 0 Å². The summed E-state index contributed by atoms with van der Waals surface area (Å²) >= 11 is 0. The van der Waals surface area contributed by atoms with E-state index in [1.165, 1.54) is 0 Å². The highest BCUT2D eigenvalue weighted by Crippen LogP contribution is 2.46. The summed E-state index contributed by atoms with van der Waals surface area (Å²) in [6.45, 7) is 0. The lowest BCUT2D eigenvalue weighted by atomic mass is 9.83. The summed E-state index contributed by atoms with van der Waals surface area (Å²) in [5, 5.41) is 2.50. The second-order valence-corrected chi connectivity index (χ2v) is 10.3. The van der Waals surface area contributed by atoms with E-state index in [1.54, 1.807) is 0 Å². The van der Waals surface area contributed by atoms with Gasteiger partial charge in [0, 0.05) is 0 Å². The number of benzene rings is 8. The van der Waals surface area contributed by atoms with Crippen molar-refractivity contribution in [1.82, 2.24) is 0 Å². The SMILES string of the molecule is [2H]c1c([2H])c([2H])c2c(-c3ccc(-c4ccccc4)c4ccccc34)c3c([2H])c([2H])c([2H])c([2H])c3c(-c3ccc(-c4ccccc4)cc3)c2c1[2H]. The van der Waals surface area contributed by atoms with Gasteiger partial charge in [0.15, 0.2) is 0 Å². The maximum absolute atomic E-state index is 9.32. The van der Waals surface area contributed by atoms with Gasteiger partial charge >= 0.3 is 0 Å². The van der Waals surface area contributed by atoms with Crippen molar-refractivity contribution in [1.29, 1.82) is 0 Å². The van der Waals surface area contributed by atoms with Gasteiger partial charge in [-0.3, -0.25) is 0 Å². The van der Waals surface area contributed by atoms with Crippen molar-refractivity contribution >= 4 is 32.3 Å². The number of hydrogen-bond donors (Lipinski definition) is 0. The zero-order chi connectivity index (χ0) is 34.8. The molecule has 0 nitrogen and oxygen atoms in total. The van der Waals surface area contributed by atoms with Crippen LogP contribution in [0.1, 0.15) is 11.0 Å². The maximum atomic E-state index is 9.32. The van der Waals surface area contributed by atoms with Crippen molar-refractivity contribution in [3.8, 4) is 44.5 Å². The summed E-state index contributed by atoms with van der Waals surface area (Å²) in [5.41, 5.74) is 5.77. The Balaban J connectivity index is 1.58. The summed E-state index contributed by atoms with van der Waals surface area (Å²) in [6.07, 6.45) is 0. The van der Waals surface area contributed by atoms with E-state index < -0.39 is 24.2 Å². The van der Waals surface area contributed by atoms with E-state index in [-0.39, 0.29) is 45.7 Å². The van der Waals surface area contributed by atoms with Gasteiger partial charge in [0.05, 0.1) is 11.0 Å². The Labute approximate surface area is 257 Å². The van der Waals surface area contributed by atoms with Gasteiger partial charge in [0.2, 0.25) is 0 Å². The molecule has 0 radical (unpaired) electrons. The molecule has 0 atom stereocenters. The summed E-state index contributed by atoms with van der Waals surface area (Å²) < 4.78 is 72.2. The minimum atomic E-state index is -0.417. The number of hydrogen-bond acceptors (Lipinski definition) is 0. The monoisotopic (exact) mass is 540 g/mol. The van der Waals surface area contributed by atoms with Crippen molar-refractivity contribution in [2.75, 3.05) is 0 Å². The molecule has 0 unspecified atom stereocenters. The molecule has 0 heteroatoms. The first kappa shape index (κ1) is 17.4. The second kappa shape index (κ2) is 10.2. The average Bonchev–Trinajstić information content (AvgIpc) is 3.17. The zero-order valence-electron chi connectivity index (χ0n) is 30.5. The van der Waals surface area contributed by atoms with Crippen LogP contribution in [-0.2, 0) is 0 Å². The van der Waals surface area contributed by atoms with Gasteiger partial charge in [-0.1, -0.05) is 170 Å². The van der Waals surface area contributed by atoms with Crippen molar-refractivity contribution in [3.63, 3.8) is 0 Å². The van der Waals surface area contributed by atoms with Crippen molar-refractivity contribution in [2.24, 2.45) is 0 Å². The van der Waals surface area contributed by atoms with E-state index in [0.29, 0.717) is 22.3 Å². The highest BCUT2D eigenvalue weighted by molar-refractivity contribution is 6.24. The molecule has 0 bridgehead atoms. The minimum absolute atomic E-state index is 0.201. The molecule has 0 N–H and O–H groups in total. The molecule has 42 heavy (non-hydrogen) atoms. The maximum Gasteiger partial charge on any atom is 0.0629 e. The molecule has 0 fully saturated rings. The Morgan fingerprint density at radius 3 is 1.26 bits per heavy atom. The third kappa shape index (κ3) is 4.00. The Kier molecular flexibility index (Phi) is 4.21. The Morgan fingerprint density at radius 1 is 0.286 bits per heavy atom. The van der Waals surface area contributed by atoms with Gasteiger partial charge in [-0.15, -0.1) is 0 Å². The first-order chi connectivity index (χ1) is 24.2. The standard InChI is InChI=1S/C42H28/c1-3-13-29(14-4-1)30-23-25-32(26-24-30)41-36-19-9-11-21-38(36)42(39-22-12-10-20-37(39)41)40-28-27-33(31-15-5-2-6-16-31)34-17-7-8-18-35(34)40/h1-28H/i9D,10D,11D,12D,19D,20D,21D,22D. The normalized spacial score (nSPS) is 14.0. The highest BCUT2D eigenvalue weighted by atomic mass is 14.2. The molecule has 8 aromatic carbocycles. The lowest BCUT2D eigenvalue weighted by molar-refractivity contribution is 1.61. The molecule has 0 saturated heterocycles. The van der Waals surface area contributed by atoms with Crippen molar-refractivity contribution in [3.05, 3.63) is 170 Å². The van der Waals surface area contributed by atoms with E-state index in [4.69, 9.17) is 5.48 Å². The summed E-state index contributed by atoms with van der Waals surface area (Å²) in [5.74, 6) is 0. The third-order valence-corrected chi connectivity index (χ3v) is 7.93. The smallest absolute Gasteiger partial charge is 0.0622 e. The van der Waals surface area contributed by atoms with Crippen LogP contribution < -0.4 is 0 Å². The molecule has 0 aromatic heterocycles. The molecular formula is C42H28. The topological polar surface area (TPSA) is 0 Å². The number of fused-ring (bicyclic) bond motifs is 3. The van der Waals surface area contributed by atoms with Crippen LogP contribution in [0.4, 0.5) is 0 Å². The van der Waals surface area contributed by atoms with E-state index in [1.807, 2.05) is 121 Å².